The molecule has 0 aliphatic carbocycles. The van der Waals surface area contributed by atoms with Gasteiger partial charge in [-0.25, -0.2) is 13.1 Å². The molecular formula is C15H16ClN3O3S. The van der Waals surface area contributed by atoms with Crippen LogP contribution in [0.2, 0.25) is 5.15 Å². The smallest absolute Gasteiger partial charge is 0.256 e. The monoisotopic (exact) mass is 353 g/mol. The quantitative estimate of drug-likeness (QED) is 0.911. The number of aryl methyl sites for hydroxylation is 1. The van der Waals surface area contributed by atoms with Crippen LogP contribution in [0, 0.1) is 6.92 Å². The van der Waals surface area contributed by atoms with Crippen molar-refractivity contribution >= 4 is 27.3 Å². The Hall–Kier alpha value is -1.86. The van der Waals surface area contributed by atoms with Gasteiger partial charge in [0.2, 0.25) is 0 Å². The summed E-state index contributed by atoms with van der Waals surface area (Å²) in [5, 5.41) is 7.27. The summed E-state index contributed by atoms with van der Waals surface area (Å²) in [7, 11) is -3.05. The van der Waals surface area contributed by atoms with E-state index in [1.54, 1.807) is 6.92 Å². The Morgan fingerprint density at radius 3 is 2.65 bits per heavy atom. The molecule has 3 rings (SSSR count). The molecule has 1 unspecified atom stereocenters. The second-order valence-electron chi connectivity index (χ2n) is 5.57. The zero-order valence-corrected chi connectivity index (χ0v) is 14.1. The van der Waals surface area contributed by atoms with Crippen LogP contribution in [0.15, 0.2) is 30.3 Å². The molecule has 6 nitrogen and oxygen atoms in total. The third-order valence-corrected chi connectivity index (χ3v) is 5.92. The molecule has 0 radical (unpaired) electrons. The fourth-order valence-corrected chi connectivity index (χ4v) is 4.70. The Labute approximate surface area is 139 Å². The first kappa shape index (κ1) is 16.0. The van der Waals surface area contributed by atoms with Crippen molar-refractivity contribution in [1.29, 1.82) is 0 Å². The summed E-state index contributed by atoms with van der Waals surface area (Å²) in [6.45, 7) is 1.70. The molecule has 1 aromatic heterocycles. The SMILES string of the molecule is Cc1nn(-c2ccccc2)c(Cl)c1C(=O)NC1CCS(=O)(=O)C1. The molecule has 2 aromatic rings. The molecule has 1 N–H and O–H groups in total. The van der Waals surface area contributed by atoms with Gasteiger partial charge in [0, 0.05) is 6.04 Å². The summed E-state index contributed by atoms with van der Waals surface area (Å²) in [4.78, 5) is 12.5. The van der Waals surface area contributed by atoms with E-state index >= 15 is 0 Å². The highest BCUT2D eigenvalue weighted by molar-refractivity contribution is 7.91. The Morgan fingerprint density at radius 1 is 1.35 bits per heavy atom. The lowest BCUT2D eigenvalue weighted by atomic mass is 10.2. The van der Waals surface area contributed by atoms with Crippen LogP contribution in [0.3, 0.4) is 0 Å². The molecule has 0 bridgehead atoms. The van der Waals surface area contributed by atoms with E-state index in [0.29, 0.717) is 12.1 Å². The van der Waals surface area contributed by atoms with E-state index in [0.717, 1.165) is 5.69 Å². The highest BCUT2D eigenvalue weighted by Gasteiger charge is 2.31. The van der Waals surface area contributed by atoms with Gasteiger partial charge in [-0.1, -0.05) is 29.8 Å². The number of hydrogen-bond donors (Lipinski definition) is 1. The first-order valence-corrected chi connectivity index (χ1v) is 9.39. The molecule has 1 fully saturated rings. The molecule has 1 atom stereocenters. The Morgan fingerprint density at radius 2 is 2.04 bits per heavy atom. The summed E-state index contributed by atoms with van der Waals surface area (Å²) in [5.41, 5.74) is 1.53. The average molecular weight is 354 g/mol. The van der Waals surface area contributed by atoms with Crippen molar-refractivity contribution in [1.82, 2.24) is 15.1 Å². The van der Waals surface area contributed by atoms with Gasteiger partial charge in [0.15, 0.2) is 9.84 Å². The fourth-order valence-electron chi connectivity index (χ4n) is 2.66. The second kappa shape index (κ2) is 5.98. The van der Waals surface area contributed by atoms with Crippen LogP contribution in [0.5, 0.6) is 0 Å². The van der Waals surface area contributed by atoms with E-state index in [1.165, 1.54) is 4.68 Å². The number of halogens is 1. The highest BCUT2D eigenvalue weighted by Crippen LogP contribution is 2.24. The number of carbonyl (C=O) groups is 1. The number of aromatic nitrogens is 2. The number of nitrogens with zero attached hydrogens (tertiary/aromatic N) is 2. The van der Waals surface area contributed by atoms with Crippen molar-refractivity contribution in [2.45, 2.75) is 19.4 Å². The Kier molecular flexibility index (Phi) is 4.16. The van der Waals surface area contributed by atoms with Gasteiger partial charge >= 0.3 is 0 Å². The summed E-state index contributed by atoms with van der Waals surface area (Å²) in [5.74, 6) is -0.312. The average Bonchev–Trinajstić information content (AvgIpc) is 2.99. The van der Waals surface area contributed by atoms with Gasteiger partial charge in [0.05, 0.1) is 28.5 Å². The zero-order chi connectivity index (χ0) is 16.6. The number of sulfone groups is 1. The maximum absolute atomic E-state index is 12.5. The third-order valence-electron chi connectivity index (χ3n) is 3.80. The van der Waals surface area contributed by atoms with E-state index in [9.17, 15) is 13.2 Å². The predicted octanol–water partition coefficient (Wildman–Crippen LogP) is 1.75. The molecule has 1 aliphatic rings. The summed E-state index contributed by atoms with van der Waals surface area (Å²) >= 11 is 6.32. The van der Waals surface area contributed by atoms with Gasteiger partial charge in [-0.2, -0.15) is 5.10 Å². The Balaban J connectivity index is 1.86. The van der Waals surface area contributed by atoms with E-state index in [-0.39, 0.29) is 28.3 Å². The van der Waals surface area contributed by atoms with E-state index < -0.39 is 15.7 Å². The topological polar surface area (TPSA) is 81.1 Å². The van der Waals surface area contributed by atoms with Crippen LogP contribution in [-0.4, -0.2) is 41.7 Å². The number of para-hydroxylation sites is 1. The van der Waals surface area contributed by atoms with Gasteiger partial charge in [-0.05, 0) is 25.5 Å². The number of hydrogen-bond acceptors (Lipinski definition) is 4. The number of nitrogens with one attached hydrogen (secondary N) is 1. The fraction of sp³-hybridized carbons (Fsp3) is 0.333. The highest BCUT2D eigenvalue weighted by atomic mass is 35.5. The van der Waals surface area contributed by atoms with Crippen molar-refractivity contribution < 1.29 is 13.2 Å². The predicted molar refractivity (Wildman–Crippen MR) is 87.8 cm³/mol. The van der Waals surface area contributed by atoms with Gasteiger partial charge in [0.1, 0.15) is 5.15 Å². The summed E-state index contributed by atoms with van der Waals surface area (Å²) in [6.07, 6.45) is 0.428. The lowest BCUT2D eigenvalue weighted by molar-refractivity contribution is 0.0940. The molecule has 1 aliphatic heterocycles. The van der Waals surface area contributed by atoms with E-state index in [1.807, 2.05) is 30.3 Å². The van der Waals surface area contributed by atoms with Crippen molar-refractivity contribution in [3.8, 4) is 5.69 Å². The van der Waals surface area contributed by atoms with Crippen LogP contribution in [0.25, 0.3) is 5.69 Å². The van der Waals surface area contributed by atoms with E-state index in [2.05, 4.69) is 10.4 Å². The molecule has 0 spiro atoms. The lowest BCUT2D eigenvalue weighted by Gasteiger charge is -2.10. The molecule has 1 saturated heterocycles. The first-order chi connectivity index (χ1) is 10.9. The molecule has 122 valence electrons. The minimum Gasteiger partial charge on any atom is -0.348 e. The van der Waals surface area contributed by atoms with Crippen molar-refractivity contribution in [2.75, 3.05) is 11.5 Å². The first-order valence-electron chi connectivity index (χ1n) is 7.19. The van der Waals surface area contributed by atoms with Crippen LogP contribution < -0.4 is 5.32 Å². The van der Waals surface area contributed by atoms with E-state index in [4.69, 9.17) is 11.6 Å². The summed E-state index contributed by atoms with van der Waals surface area (Å²) in [6, 6.07) is 8.88. The normalized spacial score (nSPS) is 19.7. The lowest BCUT2D eigenvalue weighted by Crippen LogP contribution is -2.35. The molecule has 8 heteroatoms. The van der Waals surface area contributed by atoms with Gasteiger partial charge in [-0.15, -0.1) is 0 Å². The molecular weight excluding hydrogens is 338 g/mol. The maximum Gasteiger partial charge on any atom is 0.256 e. The third kappa shape index (κ3) is 3.25. The Bertz CT molecular complexity index is 846. The minimum absolute atomic E-state index is 0.0256. The molecule has 1 amide bonds. The number of amides is 1. The van der Waals surface area contributed by atoms with Crippen LogP contribution in [-0.2, 0) is 9.84 Å². The molecule has 0 saturated carbocycles. The number of carbonyl (C=O) groups excluding carboxylic acids is 1. The molecule has 2 heterocycles. The maximum atomic E-state index is 12.5. The van der Waals surface area contributed by atoms with Gasteiger partial charge in [-0.3, -0.25) is 4.79 Å². The van der Waals surface area contributed by atoms with Crippen molar-refractivity contribution in [2.24, 2.45) is 0 Å². The number of benzene rings is 1. The van der Waals surface area contributed by atoms with Gasteiger partial charge < -0.3 is 5.32 Å². The second-order valence-corrected chi connectivity index (χ2v) is 8.16. The van der Waals surface area contributed by atoms with Crippen LogP contribution >= 0.6 is 11.6 Å². The molecule has 23 heavy (non-hydrogen) atoms. The molecule has 1 aromatic carbocycles. The zero-order valence-electron chi connectivity index (χ0n) is 12.5. The van der Waals surface area contributed by atoms with Crippen molar-refractivity contribution in [3.63, 3.8) is 0 Å². The van der Waals surface area contributed by atoms with Crippen LogP contribution in [0.4, 0.5) is 0 Å². The summed E-state index contributed by atoms with van der Waals surface area (Å²) < 4.78 is 24.5. The largest absolute Gasteiger partial charge is 0.348 e. The standard InChI is InChI=1S/C15H16ClN3O3S/c1-10-13(15(20)17-11-7-8-23(21,22)9-11)14(16)19(18-10)12-5-3-2-4-6-12/h2-6,11H,7-9H2,1H3,(H,17,20). The van der Waals surface area contributed by atoms with Gasteiger partial charge in [0.25, 0.3) is 5.91 Å². The van der Waals surface area contributed by atoms with Crippen LogP contribution in [0.1, 0.15) is 22.5 Å². The number of rotatable bonds is 3. The van der Waals surface area contributed by atoms with Crippen molar-refractivity contribution in [3.05, 3.63) is 46.7 Å². The minimum atomic E-state index is -3.05.